The minimum atomic E-state index is -0.538. The summed E-state index contributed by atoms with van der Waals surface area (Å²) in [6.45, 7) is 2.70. The Morgan fingerprint density at radius 1 is 1.03 bits per heavy atom. The summed E-state index contributed by atoms with van der Waals surface area (Å²) in [5.41, 5.74) is 5.41. The third kappa shape index (κ3) is 3.22. The number of nitrogens with zero attached hydrogens (tertiary/aromatic N) is 2. The van der Waals surface area contributed by atoms with Gasteiger partial charge < -0.3 is 15.5 Å². The Morgan fingerprint density at radius 2 is 1.81 bits per heavy atom. The quantitative estimate of drug-likeness (QED) is 0.380. The van der Waals surface area contributed by atoms with Crippen LogP contribution in [0.4, 0.5) is 11.4 Å². The number of pyridine rings is 1. The van der Waals surface area contributed by atoms with Crippen molar-refractivity contribution in [3.8, 4) is 0 Å². The van der Waals surface area contributed by atoms with Gasteiger partial charge in [0.1, 0.15) is 5.54 Å². The van der Waals surface area contributed by atoms with Crippen LogP contribution in [0.25, 0.3) is 10.8 Å². The minimum Gasteiger partial charge on any atom is -0.356 e. The Balaban J connectivity index is 1.27. The zero-order chi connectivity index (χ0) is 25.0. The Kier molecular flexibility index (Phi) is 4.91. The van der Waals surface area contributed by atoms with Crippen molar-refractivity contribution in [2.24, 2.45) is 0 Å². The van der Waals surface area contributed by atoms with Crippen molar-refractivity contribution in [1.82, 2.24) is 15.6 Å². The summed E-state index contributed by atoms with van der Waals surface area (Å²) in [4.78, 5) is 20.4. The second-order valence-corrected chi connectivity index (χ2v) is 9.84. The fourth-order valence-corrected chi connectivity index (χ4v) is 6.20. The molecule has 0 bridgehead atoms. The first-order chi connectivity index (χ1) is 18.2. The fourth-order valence-electron chi connectivity index (χ4n) is 6.20. The van der Waals surface area contributed by atoms with E-state index in [1.165, 1.54) is 5.39 Å². The first-order valence-electron chi connectivity index (χ1n) is 12.7. The van der Waals surface area contributed by atoms with Gasteiger partial charge in [-0.1, -0.05) is 66.7 Å². The largest absolute Gasteiger partial charge is 0.356 e. The highest BCUT2D eigenvalue weighted by atomic mass is 16.1. The van der Waals surface area contributed by atoms with E-state index in [1.807, 2.05) is 61.8 Å². The van der Waals surface area contributed by atoms with E-state index < -0.39 is 5.54 Å². The maximum absolute atomic E-state index is 13.8. The normalized spacial score (nSPS) is 22.3. The van der Waals surface area contributed by atoms with Gasteiger partial charge in [0, 0.05) is 29.3 Å². The van der Waals surface area contributed by atoms with Gasteiger partial charge in [0.25, 0.3) is 5.91 Å². The molecule has 3 aromatic carbocycles. The van der Waals surface area contributed by atoms with Crippen molar-refractivity contribution >= 4 is 28.1 Å². The molecule has 6 nitrogen and oxygen atoms in total. The van der Waals surface area contributed by atoms with Crippen LogP contribution in [0.3, 0.4) is 0 Å². The summed E-state index contributed by atoms with van der Waals surface area (Å²) < 4.78 is 0. The van der Waals surface area contributed by atoms with Crippen LogP contribution in [0.15, 0.2) is 115 Å². The number of anilines is 2. The number of hydrogen-bond donors (Lipinski definition) is 3. The molecule has 1 spiro atoms. The van der Waals surface area contributed by atoms with Crippen molar-refractivity contribution in [3.05, 3.63) is 126 Å². The first-order valence-corrected chi connectivity index (χ1v) is 12.7. The molecule has 0 saturated carbocycles. The number of carbonyl (C=O) groups excluding carboxylic acids is 1. The molecule has 2 aliphatic heterocycles. The smallest absolute Gasteiger partial charge is 0.253 e. The molecule has 1 amide bonds. The summed E-state index contributed by atoms with van der Waals surface area (Å²) in [6, 6.07) is 26.8. The summed E-state index contributed by atoms with van der Waals surface area (Å²) in [5, 5.41) is 13.0. The average molecular weight is 486 g/mol. The van der Waals surface area contributed by atoms with Gasteiger partial charge in [-0.15, -0.1) is 0 Å². The number of nitrogens with one attached hydrogen (secondary N) is 3. The van der Waals surface area contributed by atoms with Crippen LogP contribution in [0.5, 0.6) is 0 Å². The lowest BCUT2D eigenvalue weighted by Crippen LogP contribution is -2.49. The number of amides is 1. The molecule has 182 valence electrons. The van der Waals surface area contributed by atoms with Crippen LogP contribution < -0.4 is 20.9 Å². The average Bonchev–Trinajstić information content (AvgIpc) is 3.50. The van der Waals surface area contributed by atoms with Crippen molar-refractivity contribution in [2.45, 2.75) is 24.5 Å². The van der Waals surface area contributed by atoms with Gasteiger partial charge in [-0.25, -0.2) is 0 Å². The number of benzene rings is 3. The second-order valence-electron chi connectivity index (χ2n) is 9.84. The van der Waals surface area contributed by atoms with Gasteiger partial charge in [0.05, 0.1) is 30.0 Å². The topological polar surface area (TPSA) is 69.3 Å². The zero-order valence-electron chi connectivity index (χ0n) is 20.5. The van der Waals surface area contributed by atoms with Crippen LogP contribution in [0.1, 0.15) is 24.1 Å². The summed E-state index contributed by atoms with van der Waals surface area (Å²) in [7, 11) is 0. The molecule has 0 radical (unpaired) electrons. The standard InChI is InChI=1S/C31H27N5O/c1-20(23-10-6-8-21-7-2-3-9-24(21)23)34-30(37)25-13-14-28-31(26-11-4-5-12-27(26)35-29(25)31)33-19-36(28)22-15-17-32-18-16-22/h2-18,20,28,33,35H,19H2,1H3,(H,34,37)/t20?,28-,31?/m1/s1. The van der Waals surface area contributed by atoms with Crippen LogP contribution in [0.2, 0.25) is 0 Å². The predicted molar refractivity (Wildman–Crippen MR) is 147 cm³/mol. The molecular weight excluding hydrogens is 458 g/mol. The number of hydrogen-bond acceptors (Lipinski definition) is 5. The molecule has 6 heteroatoms. The lowest BCUT2D eigenvalue weighted by atomic mass is 9.77. The van der Waals surface area contributed by atoms with Gasteiger partial charge >= 0.3 is 0 Å². The number of rotatable bonds is 4. The molecule has 1 aliphatic carbocycles. The van der Waals surface area contributed by atoms with E-state index in [0.717, 1.165) is 33.6 Å². The van der Waals surface area contributed by atoms with Crippen LogP contribution >= 0.6 is 0 Å². The lowest BCUT2D eigenvalue weighted by molar-refractivity contribution is -0.117. The predicted octanol–water partition coefficient (Wildman–Crippen LogP) is 4.99. The Labute approximate surface area is 215 Å². The maximum Gasteiger partial charge on any atom is 0.253 e. The molecule has 1 saturated heterocycles. The van der Waals surface area contributed by atoms with E-state index in [0.29, 0.717) is 12.2 Å². The van der Waals surface area contributed by atoms with Crippen molar-refractivity contribution in [3.63, 3.8) is 0 Å². The molecular formula is C31H27N5O. The van der Waals surface area contributed by atoms with Crippen molar-refractivity contribution in [2.75, 3.05) is 16.9 Å². The number of carbonyl (C=O) groups is 1. The molecule has 3 atom stereocenters. The third-order valence-electron chi connectivity index (χ3n) is 7.90. The van der Waals surface area contributed by atoms with Crippen molar-refractivity contribution in [1.29, 1.82) is 0 Å². The third-order valence-corrected chi connectivity index (χ3v) is 7.90. The van der Waals surface area contributed by atoms with Gasteiger partial charge in [-0.3, -0.25) is 15.1 Å². The molecule has 2 unspecified atom stereocenters. The summed E-state index contributed by atoms with van der Waals surface area (Å²) in [5.74, 6) is -0.0889. The van der Waals surface area contributed by atoms with Crippen LogP contribution in [-0.4, -0.2) is 23.6 Å². The van der Waals surface area contributed by atoms with Crippen molar-refractivity contribution < 1.29 is 4.79 Å². The van der Waals surface area contributed by atoms with Gasteiger partial charge in [0.15, 0.2) is 0 Å². The highest BCUT2D eigenvalue weighted by Gasteiger charge is 2.57. The number of para-hydroxylation sites is 1. The summed E-state index contributed by atoms with van der Waals surface area (Å²) >= 11 is 0. The molecule has 7 rings (SSSR count). The molecule has 3 N–H and O–H groups in total. The van der Waals surface area contributed by atoms with Crippen LogP contribution in [-0.2, 0) is 10.3 Å². The van der Waals surface area contributed by atoms with E-state index in [4.69, 9.17) is 0 Å². The van der Waals surface area contributed by atoms with E-state index in [-0.39, 0.29) is 18.0 Å². The molecule has 3 heterocycles. The Bertz CT molecular complexity index is 1590. The molecule has 37 heavy (non-hydrogen) atoms. The minimum absolute atomic E-state index is 0.00749. The lowest BCUT2D eigenvalue weighted by Gasteiger charge is -2.37. The zero-order valence-corrected chi connectivity index (χ0v) is 20.5. The second kappa shape index (κ2) is 8.32. The van der Waals surface area contributed by atoms with E-state index >= 15 is 0 Å². The maximum atomic E-state index is 13.8. The first kappa shape index (κ1) is 21.8. The highest BCUT2D eigenvalue weighted by molar-refractivity contribution is 6.00. The number of aromatic nitrogens is 1. The molecule has 4 aromatic rings. The summed E-state index contributed by atoms with van der Waals surface area (Å²) in [6.07, 6.45) is 7.77. The van der Waals surface area contributed by atoms with E-state index in [2.05, 4.69) is 74.4 Å². The Hall–Kier alpha value is -4.42. The highest BCUT2D eigenvalue weighted by Crippen LogP contribution is 2.52. The van der Waals surface area contributed by atoms with Crippen LogP contribution in [0, 0.1) is 0 Å². The number of fused-ring (bicyclic) bond motifs is 2. The molecule has 1 fully saturated rings. The van der Waals surface area contributed by atoms with Gasteiger partial charge in [0.2, 0.25) is 0 Å². The SMILES string of the molecule is CC(NC(=O)C1=C2Nc3ccccc3C23NCN(c2ccncc2)[C@@H]3C=C1)c1cccc2ccccc12. The molecule has 3 aliphatic rings. The Morgan fingerprint density at radius 3 is 2.70 bits per heavy atom. The molecule has 1 aromatic heterocycles. The fraction of sp³-hybridized carbons (Fsp3) is 0.161. The van der Waals surface area contributed by atoms with Gasteiger partial charge in [-0.05, 0) is 47.5 Å². The van der Waals surface area contributed by atoms with E-state index in [1.54, 1.807) is 0 Å². The van der Waals surface area contributed by atoms with E-state index in [9.17, 15) is 4.79 Å². The van der Waals surface area contributed by atoms with Gasteiger partial charge in [-0.2, -0.15) is 0 Å². The monoisotopic (exact) mass is 485 g/mol.